The minimum atomic E-state index is -0.966. The predicted octanol–water partition coefficient (Wildman–Crippen LogP) is 3.88. The van der Waals surface area contributed by atoms with Gasteiger partial charge in [0.15, 0.2) is 0 Å². The number of ether oxygens (including phenoxy) is 1. The number of hydrogen-bond donors (Lipinski definition) is 0. The number of hydrogen-bond acceptors (Lipinski definition) is 2. The van der Waals surface area contributed by atoms with Crippen LogP contribution in [0.3, 0.4) is 0 Å². The Kier molecular flexibility index (Phi) is 7.79. The molecule has 0 spiro atoms. The van der Waals surface area contributed by atoms with Gasteiger partial charge in [-0.3, -0.25) is 0 Å². The van der Waals surface area contributed by atoms with Gasteiger partial charge >= 0.3 is 14.5 Å². The van der Waals surface area contributed by atoms with E-state index in [4.69, 9.17) is 8.53 Å². The van der Waals surface area contributed by atoms with E-state index in [1.165, 1.54) is 23.4 Å². The lowest BCUT2D eigenvalue weighted by molar-refractivity contribution is 0.0897. The summed E-state index contributed by atoms with van der Waals surface area (Å²) in [7, 11) is 0. The zero-order valence-corrected chi connectivity index (χ0v) is 13.2. The molecule has 1 rings (SSSR count). The van der Waals surface area contributed by atoms with Crippen LogP contribution in [0.1, 0.15) is 47.0 Å². The first kappa shape index (κ1) is 15.5. The third-order valence-electron chi connectivity index (χ3n) is 3.29. The molecule has 0 aromatic rings. The summed E-state index contributed by atoms with van der Waals surface area (Å²) in [5.74, 6) is 1.57. The van der Waals surface area contributed by atoms with Crippen LogP contribution in [-0.4, -0.2) is 33.8 Å². The van der Waals surface area contributed by atoms with Crippen molar-refractivity contribution in [2.75, 3.05) is 13.2 Å². The Morgan fingerprint density at radius 3 is 2.29 bits per heavy atom. The summed E-state index contributed by atoms with van der Waals surface area (Å²) in [6.45, 7) is 11.1. The summed E-state index contributed by atoms with van der Waals surface area (Å²) in [6, 6.07) is 0. The van der Waals surface area contributed by atoms with Crippen molar-refractivity contribution < 1.29 is 8.53 Å². The molecule has 0 aromatic heterocycles. The van der Waals surface area contributed by atoms with Gasteiger partial charge in [0, 0.05) is 13.2 Å². The fraction of sp³-hybridized carbons (Fsp3) is 1.00. The molecule has 1 aliphatic heterocycles. The Labute approximate surface area is 112 Å². The third kappa shape index (κ3) is 7.47. The minimum absolute atomic E-state index is 0.489. The Hall–Kier alpha value is 0.452. The maximum atomic E-state index is 6.18. The molecule has 0 saturated carbocycles. The maximum absolute atomic E-state index is 6.18. The first-order chi connectivity index (χ1) is 8.08. The summed E-state index contributed by atoms with van der Waals surface area (Å²) in [5.41, 5.74) is 0. The van der Waals surface area contributed by atoms with Gasteiger partial charge in [0.1, 0.15) is 0 Å². The molecule has 3 heteroatoms. The summed E-state index contributed by atoms with van der Waals surface area (Å²) in [5, 5.41) is 2.65. The molecule has 17 heavy (non-hydrogen) atoms. The molecule has 1 fully saturated rings. The summed E-state index contributed by atoms with van der Waals surface area (Å²) < 4.78 is 11.8. The van der Waals surface area contributed by atoms with E-state index in [1.54, 1.807) is 0 Å². The molecule has 1 aliphatic rings. The quantitative estimate of drug-likeness (QED) is 0.614. The second kappa shape index (κ2) is 8.54. The van der Waals surface area contributed by atoms with Crippen molar-refractivity contribution in [3.63, 3.8) is 0 Å². The van der Waals surface area contributed by atoms with Gasteiger partial charge < -0.3 is 8.53 Å². The Bertz CT molecular complexity index is 179. The highest BCUT2D eigenvalue weighted by molar-refractivity contribution is 6.51. The lowest BCUT2D eigenvalue weighted by atomic mass is 10.2. The molecule has 1 unspecified atom stereocenters. The van der Waals surface area contributed by atoms with Gasteiger partial charge in [0.05, 0.1) is 6.10 Å². The van der Waals surface area contributed by atoms with E-state index >= 15 is 0 Å². The van der Waals surface area contributed by atoms with Gasteiger partial charge in [-0.2, -0.15) is 0 Å². The summed E-state index contributed by atoms with van der Waals surface area (Å²) in [6.07, 6.45) is 4.08. The van der Waals surface area contributed by atoms with E-state index in [0.29, 0.717) is 6.10 Å². The van der Waals surface area contributed by atoms with E-state index in [0.717, 1.165) is 31.5 Å². The van der Waals surface area contributed by atoms with Crippen LogP contribution >= 0.6 is 0 Å². The SMILES string of the molecule is CC(C)[CH2][Al]([CH2]C(C)C)[O]CCC1CCCO1. The molecule has 0 aromatic carbocycles. The number of rotatable bonds is 8. The molecule has 0 aliphatic carbocycles. The first-order valence-corrected chi connectivity index (χ1v) is 9.41. The second-order valence-corrected chi connectivity index (χ2v) is 8.70. The molecule has 0 amide bonds. The van der Waals surface area contributed by atoms with Crippen molar-refractivity contribution in [1.82, 2.24) is 0 Å². The van der Waals surface area contributed by atoms with Crippen LogP contribution in [0.2, 0.25) is 10.6 Å². The Morgan fingerprint density at radius 1 is 1.18 bits per heavy atom. The van der Waals surface area contributed by atoms with E-state index in [-0.39, 0.29) is 0 Å². The highest BCUT2D eigenvalue weighted by Gasteiger charge is 2.24. The summed E-state index contributed by atoms with van der Waals surface area (Å²) in [4.78, 5) is 0. The fourth-order valence-corrected chi connectivity index (χ4v) is 5.56. The highest BCUT2D eigenvalue weighted by atomic mass is 27.2. The summed E-state index contributed by atoms with van der Waals surface area (Å²) >= 11 is -0.966. The van der Waals surface area contributed by atoms with E-state index in [9.17, 15) is 0 Å². The van der Waals surface area contributed by atoms with Crippen LogP contribution in [0.15, 0.2) is 0 Å². The normalized spacial score (nSPS) is 20.5. The molecular formula is C14H29AlO2. The van der Waals surface area contributed by atoms with E-state index in [1.807, 2.05) is 0 Å². The average Bonchev–Trinajstić information content (AvgIpc) is 2.68. The zero-order chi connectivity index (χ0) is 12.7. The van der Waals surface area contributed by atoms with Gasteiger partial charge in [-0.15, -0.1) is 0 Å². The standard InChI is InChI=1S/C6H11O2.2C4H9.Al/c7-4-3-6-2-1-5-8-6;2*1-4(2)3;/h6H,1-5H2;2*4H,1H2,2-3H3;/q-1;;;+1. The molecular weight excluding hydrogens is 227 g/mol. The lowest BCUT2D eigenvalue weighted by Gasteiger charge is -2.18. The van der Waals surface area contributed by atoms with Gasteiger partial charge in [0.25, 0.3) is 0 Å². The van der Waals surface area contributed by atoms with Crippen molar-refractivity contribution in [3.05, 3.63) is 0 Å². The average molecular weight is 256 g/mol. The van der Waals surface area contributed by atoms with Crippen LogP contribution < -0.4 is 0 Å². The van der Waals surface area contributed by atoms with Crippen LogP contribution in [0.25, 0.3) is 0 Å². The highest BCUT2D eigenvalue weighted by Crippen LogP contribution is 2.18. The first-order valence-electron chi connectivity index (χ1n) is 7.31. The molecule has 1 saturated heterocycles. The molecule has 0 N–H and O–H groups in total. The smallest absolute Gasteiger partial charge is 0.461 e. The lowest BCUT2D eigenvalue weighted by Crippen LogP contribution is -2.24. The monoisotopic (exact) mass is 256 g/mol. The second-order valence-electron chi connectivity index (χ2n) is 6.18. The van der Waals surface area contributed by atoms with Crippen molar-refractivity contribution in [2.45, 2.75) is 63.6 Å². The van der Waals surface area contributed by atoms with Crippen molar-refractivity contribution in [1.29, 1.82) is 0 Å². The van der Waals surface area contributed by atoms with E-state index < -0.39 is 14.5 Å². The van der Waals surface area contributed by atoms with Gasteiger partial charge in [0.2, 0.25) is 0 Å². The van der Waals surface area contributed by atoms with Crippen LogP contribution in [0, 0.1) is 11.8 Å². The van der Waals surface area contributed by atoms with Crippen LogP contribution in [-0.2, 0) is 8.53 Å². The molecule has 2 nitrogen and oxygen atoms in total. The minimum Gasteiger partial charge on any atom is -0.501 e. The maximum Gasteiger partial charge on any atom is 0.461 e. The van der Waals surface area contributed by atoms with E-state index in [2.05, 4.69) is 27.7 Å². The molecule has 100 valence electrons. The van der Waals surface area contributed by atoms with Gasteiger partial charge in [-0.05, 0) is 19.3 Å². The van der Waals surface area contributed by atoms with Crippen LogP contribution in [0.4, 0.5) is 0 Å². The topological polar surface area (TPSA) is 18.5 Å². The van der Waals surface area contributed by atoms with Crippen molar-refractivity contribution in [3.8, 4) is 0 Å². The molecule has 1 atom stereocenters. The Morgan fingerprint density at radius 2 is 1.82 bits per heavy atom. The third-order valence-corrected chi connectivity index (χ3v) is 6.93. The van der Waals surface area contributed by atoms with Gasteiger partial charge in [-0.25, -0.2) is 0 Å². The molecule has 0 radical (unpaired) electrons. The fourth-order valence-electron chi connectivity index (χ4n) is 2.52. The zero-order valence-electron chi connectivity index (χ0n) is 12.1. The van der Waals surface area contributed by atoms with Crippen molar-refractivity contribution >= 4 is 14.5 Å². The molecule has 0 bridgehead atoms. The van der Waals surface area contributed by atoms with Gasteiger partial charge in [-0.1, -0.05) is 50.1 Å². The Balaban J connectivity index is 2.17. The van der Waals surface area contributed by atoms with Crippen molar-refractivity contribution in [2.24, 2.45) is 11.8 Å². The largest absolute Gasteiger partial charge is 0.501 e. The predicted molar refractivity (Wildman–Crippen MR) is 74.6 cm³/mol. The molecule has 1 heterocycles. The van der Waals surface area contributed by atoms with Crippen LogP contribution in [0.5, 0.6) is 0 Å².